The van der Waals surface area contributed by atoms with Crippen LogP contribution in [-0.4, -0.2) is 25.5 Å². The summed E-state index contributed by atoms with van der Waals surface area (Å²) in [5, 5.41) is 5.67. The predicted molar refractivity (Wildman–Crippen MR) is 90.1 cm³/mol. The van der Waals surface area contributed by atoms with Crippen molar-refractivity contribution >= 4 is 45.0 Å². The maximum absolute atomic E-state index is 12.0. The summed E-state index contributed by atoms with van der Waals surface area (Å²) in [5.41, 5.74) is 1.28. The Hall–Kier alpha value is -1.99. The number of methoxy groups -OCH3 is 1. The number of carbonyl (C=O) groups excluding carboxylic acids is 2. The fraction of sp³-hybridized carbons (Fsp3) is 0.200. The Morgan fingerprint density at radius 3 is 2.70 bits per heavy atom. The van der Waals surface area contributed by atoms with E-state index in [9.17, 15) is 9.59 Å². The largest absolute Gasteiger partial charge is 0.495 e. The van der Waals surface area contributed by atoms with E-state index in [0.717, 1.165) is 5.56 Å². The summed E-state index contributed by atoms with van der Waals surface area (Å²) in [6, 6.07) is 6.41. The van der Waals surface area contributed by atoms with Crippen LogP contribution in [0.5, 0.6) is 5.75 Å². The molecule has 122 valence electrons. The van der Waals surface area contributed by atoms with Gasteiger partial charge in [0.2, 0.25) is 5.91 Å². The normalized spacial score (nSPS) is 10.3. The lowest BCUT2D eigenvalue weighted by molar-refractivity contribution is -0.115. The molecule has 0 aliphatic rings. The number of amides is 2. The quantitative estimate of drug-likeness (QED) is 0.805. The van der Waals surface area contributed by atoms with Crippen molar-refractivity contribution in [3.8, 4) is 5.75 Å². The van der Waals surface area contributed by atoms with Crippen LogP contribution in [0.3, 0.4) is 0 Å². The fourth-order valence-electron chi connectivity index (χ4n) is 1.81. The van der Waals surface area contributed by atoms with Crippen molar-refractivity contribution in [3.05, 3.63) is 45.3 Å². The Kier molecular flexibility index (Phi) is 5.68. The van der Waals surface area contributed by atoms with Gasteiger partial charge >= 0.3 is 0 Å². The van der Waals surface area contributed by atoms with Crippen LogP contribution in [0.2, 0.25) is 5.02 Å². The van der Waals surface area contributed by atoms with Crippen LogP contribution in [0, 0.1) is 6.92 Å². The van der Waals surface area contributed by atoms with Crippen LogP contribution in [-0.2, 0) is 4.79 Å². The van der Waals surface area contributed by atoms with Crippen LogP contribution in [0.25, 0.3) is 0 Å². The van der Waals surface area contributed by atoms with Gasteiger partial charge in [0.1, 0.15) is 5.75 Å². The van der Waals surface area contributed by atoms with E-state index in [1.807, 2.05) is 6.92 Å². The van der Waals surface area contributed by atoms with E-state index in [0.29, 0.717) is 21.1 Å². The van der Waals surface area contributed by atoms with Crippen molar-refractivity contribution in [1.29, 1.82) is 0 Å². The van der Waals surface area contributed by atoms with E-state index in [2.05, 4.69) is 26.6 Å². The monoisotopic (exact) mass is 400 g/mol. The first-order valence-electron chi connectivity index (χ1n) is 6.58. The second-order valence-corrected chi connectivity index (χ2v) is 5.83. The zero-order valence-corrected chi connectivity index (χ0v) is 14.7. The average molecular weight is 402 g/mol. The number of ether oxygens (including phenoxy) is 1. The summed E-state index contributed by atoms with van der Waals surface area (Å²) >= 11 is 9.11. The highest BCUT2D eigenvalue weighted by Crippen LogP contribution is 2.30. The van der Waals surface area contributed by atoms with Gasteiger partial charge in [-0.15, -0.1) is 0 Å². The van der Waals surface area contributed by atoms with Gasteiger partial charge in [0.05, 0.1) is 19.3 Å². The highest BCUT2D eigenvalue weighted by molar-refractivity contribution is 9.10. The molecule has 2 amide bonds. The summed E-state index contributed by atoms with van der Waals surface area (Å²) in [6.07, 6.45) is 0. The summed E-state index contributed by atoms with van der Waals surface area (Å²) in [7, 11) is 1.48. The molecule has 2 aromatic rings. The van der Waals surface area contributed by atoms with Crippen LogP contribution in [0.15, 0.2) is 33.4 Å². The van der Waals surface area contributed by atoms with Gasteiger partial charge in [-0.05, 0) is 46.6 Å². The van der Waals surface area contributed by atoms with Crippen LogP contribution < -0.4 is 15.4 Å². The Morgan fingerprint density at radius 1 is 1.35 bits per heavy atom. The molecule has 23 heavy (non-hydrogen) atoms. The topological polar surface area (TPSA) is 80.6 Å². The number of carbonyl (C=O) groups is 2. The minimum atomic E-state index is -0.481. The molecule has 0 saturated heterocycles. The Bertz CT molecular complexity index is 745. The van der Waals surface area contributed by atoms with Gasteiger partial charge in [0.25, 0.3) is 5.91 Å². The molecular weight excluding hydrogens is 388 g/mol. The third kappa shape index (κ3) is 4.49. The standard InChI is InChI=1S/C15H14BrClN2O4/c1-8-5-10(12(22-2)6-9(8)17)19-14(20)7-18-15(21)11-3-4-13(16)23-11/h3-6H,7H2,1-2H3,(H,18,21)(H,19,20). The zero-order valence-electron chi connectivity index (χ0n) is 12.4. The van der Waals surface area contributed by atoms with Crippen LogP contribution in [0.4, 0.5) is 5.69 Å². The number of hydrogen-bond donors (Lipinski definition) is 2. The van der Waals surface area contributed by atoms with E-state index in [1.165, 1.54) is 13.2 Å². The van der Waals surface area contributed by atoms with Gasteiger partial charge in [-0.3, -0.25) is 9.59 Å². The van der Waals surface area contributed by atoms with Gasteiger partial charge in [-0.1, -0.05) is 11.6 Å². The molecule has 0 fully saturated rings. The lowest BCUT2D eigenvalue weighted by Crippen LogP contribution is -2.32. The molecule has 1 aromatic heterocycles. The summed E-state index contributed by atoms with van der Waals surface area (Å²) in [5.74, 6) is -0.325. The molecular formula is C15H14BrClN2O4. The fourth-order valence-corrected chi connectivity index (χ4v) is 2.27. The van der Waals surface area contributed by atoms with Crippen molar-refractivity contribution in [1.82, 2.24) is 5.32 Å². The lowest BCUT2D eigenvalue weighted by atomic mass is 10.2. The third-order valence-corrected chi connectivity index (χ3v) is 3.79. The van der Waals surface area contributed by atoms with Crippen molar-refractivity contribution in [2.24, 2.45) is 0 Å². The van der Waals surface area contributed by atoms with Crippen molar-refractivity contribution in [3.63, 3.8) is 0 Å². The second-order valence-electron chi connectivity index (χ2n) is 4.64. The number of rotatable bonds is 5. The van der Waals surface area contributed by atoms with Gasteiger partial charge in [-0.2, -0.15) is 0 Å². The molecule has 0 aliphatic heterocycles. The van der Waals surface area contributed by atoms with Crippen molar-refractivity contribution in [2.75, 3.05) is 19.0 Å². The summed E-state index contributed by atoms with van der Waals surface area (Å²) < 4.78 is 10.7. The Morgan fingerprint density at radius 2 is 2.09 bits per heavy atom. The van der Waals surface area contributed by atoms with Gasteiger partial charge in [0, 0.05) is 11.1 Å². The minimum Gasteiger partial charge on any atom is -0.495 e. The van der Waals surface area contributed by atoms with Crippen molar-refractivity contribution in [2.45, 2.75) is 6.92 Å². The number of anilines is 1. The maximum atomic E-state index is 12.0. The third-order valence-electron chi connectivity index (χ3n) is 2.96. The van der Waals surface area contributed by atoms with Crippen LogP contribution in [0.1, 0.15) is 16.1 Å². The van der Waals surface area contributed by atoms with E-state index in [4.69, 9.17) is 20.8 Å². The minimum absolute atomic E-state index is 0.115. The second kappa shape index (κ2) is 7.52. The van der Waals surface area contributed by atoms with Gasteiger partial charge in [0.15, 0.2) is 10.4 Å². The van der Waals surface area contributed by atoms with Gasteiger partial charge < -0.3 is 19.8 Å². The maximum Gasteiger partial charge on any atom is 0.287 e. The first-order chi connectivity index (χ1) is 10.9. The number of benzene rings is 1. The molecule has 0 unspecified atom stereocenters. The van der Waals surface area contributed by atoms with E-state index in [-0.39, 0.29) is 12.3 Å². The van der Waals surface area contributed by atoms with E-state index < -0.39 is 11.8 Å². The highest BCUT2D eigenvalue weighted by atomic mass is 79.9. The van der Waals surface area contributed by atoms with E-state index in [1.54, 1.807) is 18.2 Å². The molecule has 1 heterocycles. The SMILES string of the molecule is COc1cc(Cl)c(C)cc1NC(=O)CNC(=O)c1ccc(Br)o1. The molecule has 0 spiro atoms. The summed E-state index contributed by atoms with van der Waals surface area (Å²) in [4.78, 5) is 23.8. The molecule has 0 atom stereocenters. The number of nitrogens with one attached hydrogen (secondary N) is 2. The van der Waals surface area contributed by atoms with Gasteiger partial charge in [-0.25, -0.2) is 0 Å². The number of hydrogen-bond acceptors (Lipinski definition) is 4. The first-order valence-corrected chi connectivity index (χ1v) is 7.75. The lowest BCUT2D eigenvalue weighted by Gasteiger charge is -2.12. The summed E-state index contributed by atoms with van der Waals surface area (Å²) in [6.45, 7) is 1.61. The van der Waals surface area contributed by atoms with Crippen molar-refractivity contribution < 1.29 is 18.7 Å². The number of halogens is 2. The molecule has 0 radical (unpaired) electrons. The molecule has 2 rings (SSSR count). The number of aryl methyl sites for hydroxylation is 1. The van der Waals surface area contributed by atoms with Crippen LogP contribution >= 0.6 is 27.5 Å². The van der Waals surface area contributed by atoms with E-state index >= 15 is 0 Å². The molecule has 8 heteroatoms. The highest BCUT2D eigenvalue weighted by Gasteiger charge is 2.14. The number of furan rings is 1. The molecule has 1 aromatic carbocycles. The predicted octanol–water partition coefficient (Wildman–Crippen LogP) is 3.38. The zero-order chi connectivity index (χ0) is 17.0. The molecule has 2 N–H and O–H groups in total. The smallest absolute Gasteiger partial charge is 0.287 e. The Balaban J connectivity index is 1.97. The molecule has 0 aliphatic carbocycles. The average Bonchev–Trinajstić information content (AvgIpc) is 2.95. The molecule has 6 nitrogen and oxygen atoms in total. The molecule has 0 saturated carbocycles. The molecule has 0 bridgehead atoms. The first kappa shape index (κ1) is 17.4. The Labute approximate surface area is 146 Å².